The summed E-state index contributed by atoms with van der Waals surface area (Å²) in [6.07, 6.45) is 0. The van der Waals surface area contributed by atoms with Crippen molar-refractivity contribution in [1.29, 1.82) is 0 Å². The summed E-state index contributed by atoms with van der Waals surface area (Å²) in [6.45, 7) is 10.3. The highest BCUT2D eigenvalue weighted by molar-refractivity contribution is 6.36. The molecule has 1 heterocycles. The van der Waals surface area contributed by atoms with Gasteiger partial charge in [0.25, 0.3) is 0 Å². The molecule has 0 unspecified atom stereocenters. The first kappa shape index (κ1) is 14.4. The summed E-state index contributed by atoms with van der Waals surface area (Å²) in [4.78, 5) is 0. The maximum atomic E-state index is 6.30. The zero-order valence-electron chi connectivity index (χ0n) is 11.8. The Morgan fingerprint density at radius 1 is 1.11 bits per heavy atom. The third-order valence-corrected chi connectivity index (χ3v) is 3.61. The Kier molecular flexibility index (Phi) is 3.67. The number of aromatic nitrogens is 1. The van der Waals surface area contributed by atoms with Crippen LogP contribution in [0.15, 0.2) is 16.7 Å². The van der Waals surface area contributed by atoms with Gasteiger partial charge in [0.1, 0.15) is 11.5 Å². The van der Waals surface area contributed by atoms with Gasteiger partial charge in [0.15, 0.2) is 0 Å². The molecule has 0 atom stereocenters. The SMILES string of the molecule is Cc1cc(Cl)cc(Cl)c1-c1noc(C(C)(C)C)c1C. The van der Waals surface area contributed by atoms with Crippen molar-refractivity contribution in [3.05, 3.63) is 39.1 Å². The van der Waals surface area contributed by atoms with Crippen molar-refractivity contribution >= 4 is 23.2 Å². The van der Waals surface area contributed by atoms with Crippen LogP contribution in [0.3, 0.4) is 0 Å². The number of halogens is 2. The molecule has 2 nitrogen and oxygen atoms in total. The minimum Gasteiger partial charge on any atom is -0.360 e. The molecular formula is C15H17Cl2NO. The first-order chi connectivity index (χ1) is 8.71. The van der Waals surface area contributed by atoms with Crippen molar-refractivity contribution in [2.45, 2.75) is 40.0 Å². The number of hydrogen-bond donors (Lipinski definition) is 0. The molecular weight excluding hydrogens is 281 g/mol. The lowest BCUT2D eigenvalue weighted by atomic mass is 9.89. The van der Waals surface area contributed by atoms with Gasteiger partial charge in [0.2, 0.25) is 0 Å². The van der Waals surface area contributed by atoms with E-state index in [0.717, 1.165) is 28.1 Å². The Balaban J connectivity index is 2.65. The monoisotopic (exact) mass is 297 g/mol. The van der Waals surface area contributed by atoms with E-state index in [-0.39, 0.29) is 5.41 Å². The molecule has 0 bridgehead atoms. The molecule has 4 heteroatoms. The van der Waals surface area contributed by atoms with Gasteiger partial charge >= 0.3 is 0 Å². The Bertz CT molecular complexity index is 601. The fourth-order valence-electron chi connectivity index (χ4n) is 2.27. The minimum atomic E-state index is -0.0812. The molecule has 2 rings (SSSR count). The van der Waals surface area contributed by atoms with Crippen LogP contribution in [0.4, 0.5) is 0 Å². The lowest BCUT2D eigenvalue weighted by molar-refractivity contribution is 0.329. The van der Waals surface area contributed by atoms with Crippen LogP contribution in [0.25, 0.3) is 11.3 Å². The molecule has 19 heavy (non-hydrogen) atoms. The van der Waals surface area contributed by atoms with Gasteiger partial charge in [0, 0.05) is 21.6 Å². The van der Waals surface area contributed by atoms with Crippen LogP contribution in [0.2, 0.25) is 10.0 Å². The molecule has 0 amide bonds. The fraction of sp³-hybridized carbons (Fsp3) is 0.400. The largest absolute Gasteiger partial charge is 0.360 e. The van der Waals surface area contributed by atoms with E-state index in [9.17, 15) is 0 Å². The van der Waals surface area contributed by atoms with Crippen LogP contribution in [0.1, 0.15) is 37.7 Å². The molecule has 0 radical (unpaired) electrons. The summed E-state index contributed by atoms with van der Waals surface area (Å²) < 4.78 is 5.51. The second-order valence-electron chi connectivity index (χ2n) is 5.81. The predicted molar refractivity (Wildman–Crippen MR) is 80.1 cm³/mol. The molecule has 0 N–H and O–H groups in total. The highest BCUT2D eigenvalue weighted by Gasteiger charge is 2.26. The molecule has 1 aromatic heterocycles. The Morgan fingerprint density at radius 3 is 2.21 bits per heavy atom. The smallest absolute Gasteiger partial charge is 0.145 e. The van der Waals surface area contributed by atoms with Crippen LogP contribution in [-0.2, 0) is 5.41 Å². The normalized spacial score (nSPS) is 11.9. The van der Waals surface area contributed by atoms with Crippen LogP contribution < -0.4 is 0 Å². The molecule has 1 aromatic carbocycles. The molecule has 0 saturated carbocycles. The van der Waals surface area contributed by atoms with E-state index in [0.29, 0.717) is 10.0 Å². The van der Waals surface area contributed by atoms with Gasteiger partial charge in [-0.2, -0.15) is 0 Å². The van der Waals surface area contributed by atoms with Crippen LogP contribution >= 0.6 is 23.2 Å². The van der Waals surface area contributed by atoms with E-state index >= 15 is 0 Å². The Morgan fingerprint density at radius 2 is 1.74 bits per heavy atom. The highest BCUT2D eigenvalue weighted by atomic mass is 35.5. The van der Waals surface area contributed by atoms with Crippen LogP contribution in [0, 0.1) is 13.8 Å². The standard InChI is InChI=1S/C15H17Cl2NO/c1-8-6-10(16)7-11(17)12(8)13-9(2)14(19-18-13)15(3,4)5/h6-7H,1-5H3. The number of aryl methyl sites for hydroxylation is 1. The number of rotatable bonds is 1. The molecule has 0 aliphatic rings. The van der Waals surface area contributed by atoms with Crippen LogP contribution in [0.5, 0.6) is 0 Å². The summed E-state index contributed by atoms with van der Waals surface area (Å²) in [6, 6.07) is 3.62. The topological polar surface area (TPSA) is 26.0 Å². The zero-order valence-corrected chi connectivity index (χ0v) is 13.3. The Hall–Kier alpha value is -0.990. The fourth-order valence-corrected chi connectivity index (χ4v) is 2.96. The summed E-state index contributed by atoms with van der Waals surface area (Å²) in [7, 11) is 0. The average molecular weight is 298 g/mol. The quantitative estimate of drug-likeness (QED) is 0.688. The number of nitrogens with zero attached hydrogens (tertiary/aromatic N) is 1. The summed E-state index contributed by atoms with van der Waals surface area (Å²) in [5.41, 5.74) is 3.63. The first-order valence-corrected chi connectivity index (χ1v) is 6.90. The maximum Gasteiger partial charge on any atom is 0.145 e. The number of hydrogen-bond acceptors (Lipinski definition) is 2. The lowest BCUT2D eigenvalue weighted by Crippen LogP contribution is -2.11. The summed E-state index contributed by atoms with van der Waals surface area (Å²) >= 11 is 12.3. The van der Waals surface area contributed by atoms with Gasteiger partial charge < -0.3 is 4.52 Å². The van der Waals surface area contributed by atoms with Crippen molar-refractivity contribution in [2.75, 3.05) is 0 Å². The molecule has 0 fully saturated rings. The van der Waals surface area contributed by atoms with Crippen molar-refractivity contribution in [1.82, 2.24) is 5.16 Å². The zero-order chi connectivity index (χ0) is 14.4. The van der Waals surface area contributed by atoms with Crippen LogP contribution in [-0.4, -0.2) is 5.16 Å². The third-order valence-electron chi connectivity index (χ3n) is 3.09. The second kappa shape index (κ2) is 4.84. The summed E-state index contributed by atoms with van der Waals surface area (Å²) in [5, 5.41) is 5.43. The van der Waals surface area contributed by atoms with Gasteiger partial charge in [-0.15, -0.1) is 0 Å². The molecule has 0 aliphatic heterocycles. The second-order valence-corrected chi connectivity index (χ2v) is 6.66. The van der Waals surface area contributed by atoms with Crippen molar-refractivity contribution in [2.24, 2.45) is 0 Å². The first-order valence-electron chi connectivity index (χ1n) is 6.14. The van der Waals surface area contributed by atoms with Gasteiger partial charge in [0.05, 0.1) is 5.02 Å². The average Bonchev–Trinajstić information content (AvgIpc) is 2.58. The van der Waals surface area contributed by atoms with E-state index in [4.69, 9.17) is 27.7 Å². The highest BCUT2D eigenvalue weighted by Crippen LogP contribution is 2.38. The molecule has 2 aromatic rings. The Labute approximate surface area is 123 Å². The lowest BCUT2D eigenvalue weighted by Gasteiger charge is -2.15. The molecule has 0 spiro atoms. The van der Waals surface area contributed by atoms with Gasteiger partial charge in [-0.1, -0.05) is 49.1 Å². The van der Waals surface area contributed by atoms with E-state index < -0.39 is 0 Å². The van der Waals surface area contributed by atoms with E-state index in [1.165, 1.54) is 0 Å². The van der Waals surface area contributed by atoms with E-state index in [1.807, 2.05) is 19.9 Å². The van der Waals surface area contributed by atoms with Gasteiger partial charge in [-0.05, 0) is 31.5 Å². The summed E-state index contributed by atoms with van der Waals surface area (Å²) in [5.74, 6) is 0.882. The van der Waals surface area contributed by atoms with Gasteiger partial charge in [-0.25, -0.2) is 0 Å². The van der Waals surface area contributed by atoms with E-state index in [2.05, 4.69) is 25.9 Å². The van der Waals surface area contributed by atoms with Crippen molar-refractivity contribution < 1.29 is 4.52 Å². The molecule has 0 saturated heterocycles. The van der Waals surface area contributed by atoms with Crippen molar-refractivity contribution in [3.63, 3.8) is 0 Å². The predicted octanol–water partition coefficient (Wildman–Crippen LogP) is 5.56. The third kappa shape index (κ3) is 2.65. The maximum absolute atomic E-state index is 6.30. The van der Waals surface area contributed by atoms with Gasteiger partial charge in [-0.3, -0.25) is 0 Å². The molecule has 0 aliphatic carbocycles. The number of benzene rings is 1. The molecule has 102 valence electrons. The van der Waals surface area contributed by atoms with Crippen molar-refractivity contribution in [3.8, 4) is 11.3 Å². The van der Waals surface area contributed by atoms with E-state index in [1.54, 1.807) is 6.07 Å². The minimum absolute atomic E-state index is 0.0812.